The van der Waals surface area contributed by atoms with Crippen molar-refractivity contribution in [2.24, 2.45) is 5.73 Å². The molecule has 0 spiro atoms. The fraction of sp³-hybridized carbons (Fsp3) is 0.462. The van der Waals surface area contributed by atoms with E-state index in [0.717, 1.165) is 17.3 Å². The van der Waals surface area contributed by atoms with Crippen LogP contribution in [0, 0.1) is 0 Å². The average Bonchev–Trinajstić information content (AvgIpc) is 2.38. The van der Waals surface area contributed by atoms with Gasteiger partial charge in [-0.3, -0.25) is 4.79 Å². The van der Waals surface area contributed by atoms with Crippen molar-refractivity contribution in [3.8, 4) is 0 Å². The third-order valence-corrected chi connectivity index (χ3v) is 4.01. The maximum Gasteiger partial charge on any atom is 0.252 e. The normalized spacial score (nSPS) is 11.4. The summed E-state index contributed by atoms with van der Waals surface area (Å²) in [5.74, 6) is -0.196. The van der Waals surface area contributed by atoms with E-state index in [1.165, 1.54) is 0 Å². The van der Waals surface area contributed by atoms with E-state index in [2.05, 4.69) is 21.2 Å². The van der Waals surface area contributed by atoms with Crippen molar-refractivity contribution in [2.45, 2.75) is 32.2 Å². The first-order valence-corrected chi connectivity index (χ1v) is 7.11. The molecule has 0 saturated heterocycles. The number of hydrogen-bond donors (Lipinski definition) is 2. The Morgan fingerprint density at radius 2 is 2.06 bits per heavy atom. The van der Waals surface area contributed by atoms with Gasteiger partial charge in [0.25, 0.3) is 5.91 Å². The average molecular weight is 334 g/mol. The molecular weight excluding hydrogens is 316 g/mol. The molecule has 0 aromatic heterocycles. The summed E-state index contributed by atoms with van der Waals surface area (Å²) in [4.78, 5) is 12.0. The second kappa shape index (κ2) is 6.55. The van der Waals surface area contributed by atoms with Crippen LogP contribution in [0.5, 0.6) is 0 Å². The summed E-state index contributed by atoms with van der Waals surface area (Å²) in [7, 11) is 0. The summed E-state index contributed by atoms with van der Waals surface area (Å²) in [6, 6.07) is 5.19. The SMILES string of the molecule is CCC(N)(CC)CNC(=O)c1cc(Br)ccc1Cl. The minimum absolute atomic E-state index is 0.196. The fourth-order valence-corrected chi connectivity index (χ4v) is 2.09. The molecule has 3 nitrogen and oxygen atoms in total. The third kappa shape index (κ3) is 3.97. The Hall–Kier alpha value is -0.580. The van der Waals surface area contributed by atoms with Gasteiger partial charge < -0.3 is 11.1 Å². The molecular formula is C13H18BrClN2O. The second-order valence-electron chi connectivity index (χ2n) is 4.38. The Labute approximate surface area is 121 Å². The molecule has 0 bridgehead atoms. The lowest BCUT2D eigenvalue weighted by Crippen LogP contribution is -2.49. The Bertz CT molecular complexity index is 433. The van der Waals surface area contributed by atoms with Crippen LogP contribution in [0.15, 0.2) is 22.7 Å². The van der Waals surface area contributed by atoms with E-state index in [1.54, 1.807) is 18.2 Å². The number of carbonyl (C=O) groups is 1. The summed E-state index contributed by atoms with van der Waals surface area (Å²) in [6.07, 6.45) is 1.63. The summed E-state index contributed by atoms with van der Waals surface area (Å²) in [5, 5.41) is 3.28. The monoisotopic (exact) mass is 332 g/mol. The predicted octanol–water partition coefficient (Wildman–Crippen LogP) is 3.35. The van der Waals surface area contributed by atoms with E-state index >= 15 is 0 Å². The predicted molar refractivity (Wildman–Crippen MR) is 79.0 cm³/mol. The summed E-state index contributed by atoms with van der Waals surface area (Å²) < 4.78 is 0.821. The highest BCUT2D eigenvalue weighted by Crippen LogP contribution is 2.21. The summed E-state index contributed by atoms with van der Waals surface area (Å²) >= 11 is 9.32. The zero-order chi connectivity index (χ0) is 13.8. The van der Waals surface area contributed by atoms with E-state index in [1.807, 2.05) is 13.8 Å². The standard InChI is InChI=1S/C13H18BrClN2O/c1-3-13(16,4-2)8-17-12(18)10-7-9(14)5-6-11(10)15/h5-7H,3-4,8,16H2,1-2H3,(H,17,18). The lowest BCUT2D eigenvalue weighted by Gasteiger charge is -2.26. The van der Waals surface area contributed by atoms with Gasteiger partial charge in [0.2, 0.25) is 0 Å². The Morgan fingerprint density at radius 1 is 1.44 bits per heavy atom. The molecule has 1 aromatic carbocycles. The van der Waals surface area contributed by atoms with E-state index in [0.29, 0.717) is 17.1 Å². The van der Waals surface area contributed by atoms with E-state index in [-0.39, 0.29) is 11.4 Å². The molecule has 1 amide bonds. The maximum absolute atomic E-state index is 12.0. The molecule has 0 aliphatic carbocycles. The van der Waals surface area contributed by atoms with Crippen LogP contribution in [-0.4, -0.2) is 18.0 Å². The van der Waals surface area contributed by atoms with Crippen molar-refractivity contribution in [3.05, 3.63) is 33.3 Å². The molecule has 18 heavy (non-hydrogen) atoms. The Kier molecular flexibility index (Phi) is 5.63. The molecule has 0 radical (unpaired) electrons. The van der Waals surface area contributed by atoms with Crippen LogP contribution in [0.1, 0.15) is 37.0 Å². The first-order valence-electron chi connectivity index (χ1n) is 5.94. The Balaban J connectivity index is 2.74. The minimum Gasteiger partial charge on any atom is -0.350 e. The molecule has 3 N–H and O–H groups in total. The largest absolute Gasteiger partial charge is 0.350 e. The first-order chi connectivity index (χ1) is 8.41. The quantitative estimate of drug-likeness (QED) is 0.868. The van der Waals surface area contributed by atoms with E-state index in [9.17, 15) is 4.79 Å². The summed E-state index contributed by atoms with van der Waals surface area (Å²) in [6.45, 7) is 4.48. The third-order valence-electron chi connectivity index (χ3n) is 3.18. The van der Waals surface area contributed by atoms with Gasteiger partial charge in [-0.25, -0.2) is 0 Å². The van der Waals surface area contributed by atoms with Crippen LogP contribution in [-0.2, 0) is 0 Å². The van der Waals surface area contributed by atoms with Gasteiger partial charge in [0, 0.05) is 16.6 Å². The topological polar surface area (TPSA) is 55.1 Å². The van der Waals surface area contributed by atoms with Gasteiger partial charge in [0.15, 0.2) is 0 Å². The zero-order valence-corrected chi connectivity index (χ0v) is 12.9. The van der Waals surface area contributed by atoms with Crippen LogP contribution < -0.4 is 11.1 Å². The molecule has 0 fully saturated rings. The van der Waals surface area contributed by atoms with Crippen LogP contribution in [0.25, 0.3) is 0 Å². The molecule has 5 heteroatoms. The maximum atomic E-state index is 12.0. The van der Waals surface area contributed by atoms with Gasteiger partial charge in [-0.1, -0.05) is 41.4 Å². The molecule has 100 valence electrons. The van der Waals surface area contributed by atoms with Crippen LogP contribution in [0.4, 0.5) is 0 Å². The van der Waals surface area contributed by atoms with Gasteiger partial charge in [-0.2, -0.15) is 0 Å². The molecule has 1 rings (SSSR count). The second-order valence-corrected chi connectivity index (χ2v) is 5.70. The lowest BCUT2D eigenvalue weighted by atomic mass is 9.94. The van der Waals surface area contributed by atoms with Crippen LogP contribution in [0.2, 0.25) is 5.02 Å². The van der Waals surface area contributed by atoms with Crippen molar-refractivity contribution >= 4 is 33.4 Å². The van der Waals surface area contributed by atoms with Gasteiger partial charge in [-0.15, -0.1) is 0 Å². The molecule has 0 aliphatic heterocycles. The van der Waals surface area contributed by atoms with E-state index in [4.69, 9.17) is 17.3 Å². The Morgan fingerprint density at radius 3 is 2.61 bits per heavy atom. The summed E-state index contributed by atoms with van der Waals surface area (Å²) in [5.41, 5.74) is 6.24. The van der Waals surface area contributed by atoms with Crippen LogP contribution >= 0.6 is 27.5 Å². The number of carbonyl (C=O) groups excluding carboxylic acids is 1. The van der Waals surface area contributed by atoms with Crippen molar-refractivity contribution in [3.63, 3.8) is 0 Å². The molecule has 0 unspecified atom stereocenters. The highest BCUT2D eigenvalue weighted by Gasteiger charge is 2.21. The minimum atomic E-state index is -0.353. The van der Waals surface area contributed by atoms with Gasteiger partial charge in [0.05, 0.1) is 10.6 Å². The van der Waals surface area contributed by atoms with Crippen LogP contribution in [0.3, 0.4) is 0 Å². The number of nitrogens with one attached hydrogen (secondary N) is 1. The van der Waals surface area contributed by atoms with Gasteiger partial charge >= 0.3 is 0 Å². The lowest BCUT2D eigenvalue weighted by molar-refractivity contribution is 0.0942. The highest BCUT2D eigenvalue weighted by molar-refractivity contribution is 9.10. The zero-order valence-electron chi connectivity index (χ0n) is 10.6. The van der Waals surface area contributed by atoms with Crippen molar-refractivity contribution in [1.29, 1.82) is 0 Å². The smallest absolute Gasteiger partial charge is 0.252 e. The first kappa shape index (κ1) is 15.5. The van der Waals surface area contributed by atoms with Gasteiger partial charge in [0.1, 0.15) is 0 Å². The fourth-order valence-electron chi connectivity index (χ4n) is 1.52. The molecule has 0 heterocycles. The van der Waals surface area contributed by atoms with Crippen molar-refractivity contribution < 1.29 is 4.79 Å². The number of nitrogens with two attached hydrogens (primary N) is 1. The molecule has 0 saturated carbocycles. The highest BCUT2D eigenvalue weighted by atomic mass is 79.9. The molecule has 1 aromatic rings. The number of hydrogen-bond acceptors (Lipinski definition) is 2. The van der Waals surface area contributed by atoms with Crippen molar-refractivity contribution in [2.75, 3.05) is 6.54 Å². The number of amides is 1. The molecule has 0 aliphatic rings. The van der Waals surface area contributed by atoms with Crippen molar-refractivity contribution in [1.82, 2.24) is 5.32 Å². The van der Waals surface area contributed by atoms with Gasteiger partial charge in [-0.05, 0) is 31.0 Å². The number of benzene rings is 1. The van der Waals surface area contributed by atoms with E-state index < -0.39 is 0 Å². The number of halogens is 2. The number of rotatable bonds is 5. The molecule has 0 atom stereocenters.